The molecule has 6 atom stereocenters. The zero-order chi connectivity index (χ0) is 30.4. The maximum absolute atomic E-state index is 13.5. The molecule has 10 heteroatoms. The lowest BCUT2D eigenvalue weighted by atomic mass is 9.68. The monoisotopic (exact) mass is 634 g/mol. The number of benzene rings is 2. The van der Waals surface area contributed by atoms with E-state index in [-0.39, 0.29) is 23.2 Å². The summed E-state index contributed by atoms with van der Waals surface area (Å²) in [5.74, 6) is 0.187. The quantitative estimate of drug-likeness (QED) is 0.251. The van der Waals surface area contributed by atoms with Gasteiger partial charge in [-0.15, -0.1) is 0 Å². The largest absolute Gasteiger partial charge is 0.490 e. The second kappa shape index (κ2) is 12.2. The van der Waals surface area contributed by atoms with Gasteiger partial charge in [0.05, 0.1) is 24.8 Å². The number of carbonyl (C=O) groups excluding carboxylic acids is 1. The van der Waals surface area contributed by atoms with E-state index in [1.807, 2.05) is 18.2 Å². The summed E-state index contributed by atoms with van der Waals surface area (Å²) >= 11 is 7.21. The molecular formula is C33H38ClF3N2O3S. The lowest BCUT2D eigenvalue weighted by Gasteiger charge is -2.45. The van der Waals surface area contributed by atoms with Crippen LogP contribution in [0.5, 0.6) is 5.75 Å². The van der Waals surface area contributed by atoms with Gasteiger partial charge >= 0.3 is 6.18 Å². The molecule has 0 aromatic heterocycles. The summed E-state index contributed by atoms with van der Waals surface area (Å²) in [6.45, 7) is 3.64. The molecule has 2 aromatic carbocycles. The van der Waals surface area contributed by atoms with Gasteiger partial charge in [0, 0.05) is 34.3 Å². The van der Waals surface area contributed by atoms with E-state index in [4.69, 9.17) is 16.3 Å². The number of anilines is 1. The van der Waals surface area contributed by atoms with Crippen molar-refractivity contribution < 1.29 is 27.8 Å². The number of alkyl halides is 3. The number of carbonyl (C=O) groups is 1. The second-order valence-corrected chi connectivity index (χ2v) is 14.3. The van der Waals surface area contributed by atoms with Crippen LogP contribution in [0.1, 0.15) is 66.9 Å². The van der Waals surface area contributed by atoms with Crippen LogP contribution >= 0.6 is 23.5 Å². The average Bonchev–Trinajstić information content (AvgIpc) is 3.09. The molecule has 2 N–H and O–H groups in total. The normalized spacial score (nSPS) is 32.0. The fourth-order valence-corrected chi connectivity index (χ4v) is 8.50. The summed E-state index contributed by atoms with van der Waals surface area (Å²) < 4.78 is 49.6. The van der Waals surface area contributed by atoms with Crippen LogP contribution in [-0.2, 0) is 11.8 Å². The number of aliphatic hydroxyl groups excluding tert-OH is 1. The van der Waals surface area contributed by atoms with E-state index in [0.717, 1.165) is 54.8 Å². The van der Waals surface area contributed by atoms with Crippen molar-refractivity contribution in [2.75, 3.05) is 24.6 Å². The average molecular weight is 635 g/mol. The number of amides is 1. The molecule has 2 heterocycles. The number of hydrogen-bond donors (Lipinski definition) is 2. The first-order valence-corrected chi connectivity index (χ1v) is 16.5. The minimum absolute atomic E-state index is 0.0623. The van der Waals surface area contributed by atoms with Crippen LogP contribution in [0.2, 0.25) is 5.02 Å². The molecule has 232 valence electrons. The van der Waals surface area contributed by atoms with Gasteiger partial charge in [0.15, 0.2) is 0 Å². The maximum atomic E-state index is 13.5. The highest BCUT2D eigenvalue weighted by molar-refractivity contribution is 7.98. The third kappa shape index (κ3) is 6.54. The summed E-state index contributed by atoms with van der Waals surface area (Å²) in [7, 11) is 0. The summed E-state index contributed by atoms with van der Waals surface area (Å²) in [6.07, 6.45) is 2.71. The van der Waals surface area contributed by atoms with Crippen LogP contribution in [0.15, 0.2) is 48.6 Å². The molecule has 1 saturated carbocycles. The van der Waals surface area contributed by atoms with Crippen LogP contribution < -0.4 is 14.4 Å². The number of fused-ring (bicyclic) bond motifs is 4. The smallest absolute Gasteiger partial charge is 0.390 e. The van der Waals surface area contributed by atoms with E-state index in [2.05, 4.69) is 21.8 Å². The van der Waals surface area contributed by atoms with E-state index >= 15 is 0 Å². The van der Waals surface area contributed by atoms with Crippen molar-refractivity contribution in [2.45, 2.75) is 74.8 Å². The second-order valence-electron chi connectivity index (χ2n) is 12.8. The molecule has 4 aliphatic rings. The fraction of sp³-hybridized carbons (Fsp3) is 0.545. The third-order valence-electron chi connectivity index (χ3n) is 9.88. The number of allylic oxidation sites excluding steroid dienone is 1. The molecule has 6 rings (SSSR count). The van der Waals surface area contributed by atoms with Gasteiger partial charge in [0.2, 0.25) is 0 Å². The number of hydrogen-bond acceptors (Lipinski definition) is 5. The molecule has 0 unspecified atom stereocenters. The Labute approximate surface area is 260 Å². The molecule has 0 radical (unpaired) electrons. The van der Waals surface area contributed by atoms with Gasteiger partial charge < -0.3 is 14.7 Å². The molecule has 1 fully saturated rings. The number of ether oxygens (including phenoxy) is 1. The highest BCUT2D eigenvalue weighted by Gasteiger charge is 2.44. The van der Waals surface area contributed by atoms with Crippen LogP contribution in [0.25, 0.3) is 0 Å². The van der Waals surface area contributed by atoms with E-state index in [9.17, 15) is 23.1 Å². The molecule has 0 saturated heterocycles. The molecule has 2 aromatic rings. The van der Waals surface area contributed by atoms with Gasteiger partial charge in [-0.1, -0.05) is 36.7 Å². The van der Waals surface area contributed by atoms with Gasteiger partial charge in [0.25, 0.3) is 5.91 Å². The Morgan fingerprint density at radius 3 is 2.81 bits per heavy atom. The van der Waals surface area contributed by atoms with Crippen molar-refractivity contribution in [3.8, 4) is 5.75 Å². The van der Waals surface area contributed by atoms with Crippen LogP contribution in [0.4, 0.5) is 18.9 Å². The van der Waals surface area contributed by atoms with Gasteiger partial charge in [-0.25, -0.2) is 0 Å². The number of rotatable bonds is 1. The Kier molecular flexibility index (Phi) is 8.70. The predicted molar refractivity (Wildman–Crippen MR) is 165 cm³/mol. The SMILES string of the molecule is C[C@H]1C/C=C\[C@H](O)[C@@H]2CC[C@H]2CN2C[C@@]3(CCCc4cc(Cl)ccc43)COc3ccc(cc32)C(=O)NS[C@@H]1CC(F)(F)F. The minimum Gasteiger partial charge on any atom is -0.490 e. The summed E-state index contributed by atoms with van der Waals surface area (Å²) in [5, 5.41) is 11.0. The molecule has 1 spiro atoms. The Morgan fingerprint density at radius 2 is 2.05 bits per heavy atom. The highest BCUT2D eigenvalue weighted by atomic mass is 35.5. The van der Waals surface area contributed by atoms with Gasteiger partial charge in [0.1, 0.15) is 5.75 Å². The zero-order valence-corrected chi connectivity index (χ0v) is 25.8. The molecule has 43 heavy (non-hydrogen) atoms. The van der Waals surface area contributed by atoms with Gasteiger partial charge in [-0.3, -0.25) is 9.52 Å². The van der Waals surface area contributed by atoms with Crippen LogP contribution in [-0.4, -0.2) is 48.2 Å². The van der Waals surface area contributed by atoms with E-state index < -0.39 is 29.9 Å². The van der Waals surface area contributed by atoms with E-state index in [1.54, 1.807) is 25.1 Å². The highest BCUT2D eigenvalue weighted by Crippen LogP contribution is 2.47. The Bertz CT molecular complexity index is 1390. The predicted octanol–water partition coefficient (Wildman–Crippen LogP) is 7.50. The topological polar surface area (TPSA) is 61.8 Å². The number of nitrogens with one attached hydrogen (secondary N) is 1. The Hall–Kier alpha value is -2.36. The summed E-state index contributed by atoms with van der Waals surface area (Å²) in [4.78, 5) is 15.7. The van der Waals surface area contributed by atoms with Crippen LogP contribution in [0, 0.1) is 17.8 Å². The van der Waals surface area contributed by atoms with Crippen molar-refractivity contribution >= 4 is 35.1 Å². The summed E-state index contributed by atoms with van der Waals surface area (Å²) in [5.41, 5.74) is 3.40. The first-order chi connectivity index (χ1) is 20.5. The standard InChI is InChI=1S/C33H38ClF3N2O3S/c1-20-4-2-6-28(40)25-10-7-23(25)17-39-18-32(13-3-5-21-14-24(34)9-11-26(21)32)19-42-29-12-8-22(15-27(29)39)31(41)38-43-30(20)16-33(35,36)37/h2,6,8-9,11-12,14-15,20,23,25,28,30,40H,3-5,7,10,13,16-19H2,1H3,(H,38,41)/b6-2-/t20-,23-,25+,28-,30+,32-/m0/s1. The number of aryl methyl sites for hydroxylation is 1. The molecule has 1 amide bonds. The van der Waals surface area contributed by atoms with E-state index in [0.29, 0.717) is 37.4 Å². The molecule has 2 aliphatic carbocycles. The van der Waals surface area contributed by atoms with Crippen molar-refractivity contribution in [3.63, 3.8) is 0 Å². The van der Waals surface area contributed by atoms with Gasteiger partial charge in [-0.05, 0) is 110 Å². The lowest BCUT2D eigenvalue weighted by molar-refractivity contribution is -0.135. The lowest BCUT2D eigenvalue weighted by Crippen LogP contribution is -2.49. The van der Waals surface area contributed by atoms with Gasteiger partial charge in [-0.2, -0.15) is 13.2 Å². The first-order valence-electron chi connectivity index (χ1n) is 15.2. The summed E-state index contributed by atoms with van der Waals surface area (Å²) in [6, 6.07) is 11.4. The minimum atomic E-state index is -4.36. The Morgan fingerprint density at radius 1 is 1.21 bits per heavy atom. The molecule has 2 bridgehead atoms. The van der Waals surface area contributed by atoms with Crippen LogP contribution in [0.3, 0.4) is 0 Å². The molecular weight excluding hydrogens is 597 g/mol. The number of nitrogens with zero attached hydrogens (tertiary/aromatic N) is 1. The molecule has 5 nitrogen and oxygen atoms in total. The fourth-order valence-electron chi connectivity index (χ4n) is 7.31. The van der Waals surface area contributed by atoms with Crippen molar-refractivity contribution in [2.24, 2.45) is 17.8 Å². The van der Waals surface area contributed by atoms with Crippen molar-refractivity contribution in [3.05, 3.63) is 70.3 Å². The van der Waals surface area contributed by atoms with Crippen molar-refractivity contribution in [1.82, 2.24) is 4.72 Å². The molecule has 2 aliphatic heterocycles. The Balaban J connectivity index is 1.37. The number of aliphatic hydroxyl groups is 1. The third-order valence-corrected chi connectivity index (χ3v) is 11.4. The maximum Gasteiger partial charge on any atom is 0.390 e. The first kappa shape index (κ1) is 30.7. The van der Waals surface area contributed by atoms with Crippen molar-refractivity contribution in [1.29, 1.82) is 0 Å². The zero-order valence-electron chi connectivity index (χ0n) is 24.2. The van der Waals surface area contributed by atoms with E-state index in [1.165, 1.54) is 11.1 Å². The number of halogens is 4.